The van der Waals surface area contributed by atoms with Gasteiger partial charge in [-0.1, -0.05) is 12.1 Å². The van der Waals surface area contributed by atoms with Gasteiger partial charge in [-0.2, -0.15) is 13.2 Å². The van der Waals surface area contributed by atoms with Gasteiger partial charge in [0, 0.05) is 16.8 Å². The number of aryl methyl sites for hydroxylation is 2. The number of rotatable bonds is 5. The molecule has 0 saturated heterocycles. The van der Waals surface area contributed by atoms with Crippen LogP contribution in [0.15, 0.2) is 41.4 Å². The molecule has 0 saturated carbocycles. The molecule has 1 heterocycles. The van der Waals surface area contributed by atoms with Gasteiger partial charge in [-0.3, -0.25) is 14.4 Å². The van der Waals surface area contributed by atoms with Crippen LogP contribution >= 0.6 is 0 Å². The van der Waals surface area contributed by atoms with Crippen LogP contribution in [0.25, 0.3) is 16.6 Å². The highest BCUT2D eigenvalue weighted by atomic mass is 19.4. The fourth-order valence-electron chi connectivity index (χ4n) is 3.56. The maximum Gasteiger partial charge on any atom is 0.416 e. The van der Waals surface area contributed by atoms with Gasteiger partial charge in [0.05, 0.1) is 16.6 Å². The first-order valence-electron chi connectivity index (χ1n) is 9.65. The molecule has 1 unspecified atom stereocenters. The van der Waals surface area contributed by atoms with Crippen LogP contribution in [0.1, 0.15) is 36.1 Å². The molecule has 0 amide bonds. The van der Waals surface area contributed by atoms with Crippen LogP contribution in [0.4, 0.5) is 13.2 Å². The van der Waals surface area contributed by atoms with Crippen molar-refractivity contribution >= 4 is 22.4 Å². The Balaban J connectivity index is 2.30. The number of hydrogen-bond donors (Lipinski definition) is 2. The second kappa shape index (κ2) is 8.19. The van der Waals surface area contributed by atoms with Crippen molar-refractivity contribution in [3.05, 3.63) is 58.7 Å². The van der Waals surface area contributed by atoms with Crippen LogP contribution < -0.4 is 0 Å². The Labute approximate surface area is 177 Å². The lowest BCUT2D eigenvalue weighted by Crippen LogP contribution is -2.19. The highest BCUT2D eigenvalue weighted by molar-refractivity contribution is 6.13. The summed E-state index contributed by atoms with van der Waals surface area (Å²) >= 11 is 0. The van der Waals surface area contributed by atoms with Crippen molar-refractivity contribution < 1.29 is 28.2 Å². The number of alkyl halides is 3. The Bertz CT molecular complexity index is 1170. The highest BCUT2D eigenvalue weighted by Gasteiger charge is 2.32. The lowest BCUT2D eigenvalue weighted by atomic mass is 10.1. The molecule has 0 aliphatic carbocycles. The zero-order valence-corrected chi connectivity index (χ0v) is 17.6. The molecule has 1 atom stereocenters. The van der Waals surface area contributed by atoms with Crippen molar-refractivity contribution in [1.29, 1.82) is 0 Å². The summed E-state index contributed by atoms with van der Waals surface area (Å²) in [4.78, 5) is 15.9. The predicted octanol–water partition coefficient (Wildman–Crippen LogP) is 4.73. The standard InChI is InChI=1S/C23H23F3N2O3/c1-12-7-13(2)9-17(8-12)28-19-10-16(23(24,25)26)5-6-18(19)21(22(28)31)14(3)27-11-20(30)15(4)29/h5-10,15,29,31H,11H2,1-4H3. The third-order valence-electron chi connectivity index (χ3n) is 5.04. The first kappa shape index (κ1) is 22.6. The summed E-state index contributed by atoms with van der Waals surface area (Å²) in [5.74, 6) is -0.777. The lowest BCUT2D eigenvalue weighted by molar-refractivity contribution is -0.137. The van der Waals surface area contributed by atoms with Crippen LogP contribution in [-0.4, -0.2) is 38.9 Å². The van der Waals surface area contributed by atoms with E-state index in [1.165, 1.54) is 17.6 Å². The third kappa shape index (κ3) is 4.49. The van der Waals surface area contributed by atoms with E-state index in [2.05, 4.69) is 4.99 Å². The van der Waals surface area contributed by atoms with Gasteiger partial charge < -0.3 is 10.2 Å². The molecule has 1 aromatic heterocycles. The molecule has 3 aromatic rings. The molecule has 164 valence electrons. The van der Waals surface area contributed by atoms with Crippen molar-refractivity contribution in [2.24, 2.45) is 4.99 Å². The minimum atomic E-state index is -4.55. The van der Waals surface area contributed by atoms with Crippen LogP contribution in [0.3, 0.4) is 0 Å². The molecule has 0 fully saturated rings. The molecule has 3 rings (SSSR count). The van der Waals surface area contributed by atoms with Gasteiger partial charge in [0.1, 0.15) is 12.6 Å². The number of benzene rings is 2. The number of carbonyl (C=O) groups excluding carboxylic acids is 1. The van der Waals surface area contributed by atoms with Crippen molar-refractivity contribution in [1.82, 2.24) is 4.57 Å². The normalized spacial score (nSPS) is 13.6. The van der Waals surface area contributed by atoms with E-state index in [-0.39, 0.29) is 29.2 Å². The van der Waals surface area contributed by atoms with Crippen molar-refractivity contribution in [3.63, 3.8) is 0 Å². The summed E-state index contributed by atoms with van der Waals surface area (Å²) in [6.07, 6.45) is -5.73. The summed E-state index contributed by atoms with van der Waals surface area (Å²) < 4.78 is 41.5. The minimum absolute atomic E-state index is 0.170. The van der Waals surface area contributed by atoms with E-state index in [0.717, 1.165) is 23.3 Å². The summed E-state index contributed by atoms with van der Waals surface area (Å²) in [5, 5.41) is 20.8. The zero-order valence-electron chi connectivity index (χ0n) is 17.6. The van der Waals surface area contributed by atoms with Gasteiger partial charge in [0.25, 0.3) is 0 Å². The lowest BCUT2D eigenvalue weighted by Gasteiger charge is -2.11. The van der Waals surface area contributed by atoms with Gasteiger partial charge in [-0.15, -0.1) is 0 Å². The SMILES string of the molecule is CC(=NCC(=O)C(C)O)c1c(O)n(-c2cc(C)cc(C)c2)c2cc(C(F)(F)F)ccc12. The van der Waals surface area contributed by atoms with Crippen molar-refractivity contribution in [3.8, 4) is 11.6 Å². The fourth-order valence-corrected chi connectivity index (χ4v) is 3.56. The number of nitrogens with zero attached hydrogens (tertiary/aromatic N) is 2. The highest BCUT2D eigenvalue weighted by Crippen LogP contribution is 2.39. The van der Waals surface area contributed by atoms with Crippen molar-refractivity contribution in [2.75, 3.05) is 6.54 Å². The van der Waals surface area contributed by atoms with E-state index in [4.69, 9.17) is 0 Å². The number of fused-ring (bicyclic) bond motifs is 1. The average Bonchev–Trinajstić information content (AvgIpc) is 2.95. The zero-order chi connectivity index (χ0) is 23.1. The number of aromatic hydroxyl groups is 1. The number of halogens is 3. The van der Waals surface area contributed by atoms with Crippen molar-refractivity contribution in [2.45, 2.75) is 40.0 Å². The molecule has 5 nitrogen and oxygen atoms in total. The number of ketones is 1. The average molecular weight is 432 g/mol. The van der Waals surface area contributed by atoms with E-state index < -0.39 is 23.6 Å². The number of carbonyl (C=O) groups is 1. The number of aliphatic hydroxyl groups is 1. The van der Waals surface area contributed by atoms with Crippen LogP contribution in [0.2, 0.25) is 0 Å². The van der Waals surface area contributed by atoms with Gasteiger partial charge in [0.2, 0.25) is 5.88 Å². The van der Waals surface area contributed by atoms with E-state index >= 15 is 0 Å². The van der Waals surface area contributed by atoms with E-state index in [1.54, 1.807) is 19.1 Å². The van der Waals surface area contributed by atoms with E-state index in [1.807, 2.05) is 19.9 Å². The molecule has 0 aliphatic rings. The van der Waals surface area contributed by atoms with Gasteiger partial charge in [0.15, 0.2) is 5.78 Å². The molecule has 0 aliphatic heterocycles. The third-order valence-corrected chi connectivity index (χ3v) is 5.04. The van der Waals surface area contributed by atoms with Gasteiger partial charge in [-0.25, -0.2) is 0 Å². The number of aliphatic imine (C=N–C) groups is 1. The predicted molar refractivity (Wildman–Crippen MR) is 113 cm³/mol. The molecule has 0 bridgehead atoms. The number of aliphatic hydroxyl groups excluding tert-OH is 1. The summed E-state index contributed by atoms with van der Waals surface area (Å²) in [5.41, 5.74) is 2.13. The Morgan fingerprint density at radius 2 is 1.74 bits per heavy atom. The molecule has 2 aromatic carbocycles. The largest absolute Gasteiger partial charge is 0.494 e. The number of hydrogen-bond acceptors (Lipinski definition) is 4. The Morgan fingerprint density at radius 3 is 2.29 bits per heavy atom. The number of Topliss-reactive ketones (excluding diaryl/α,β-unsaturated/α-hetero) is 1. The fraction of sp³-hybridized carbons (Fsp3) is 0.304. The molecule has 0 spiro atoms. The van der Waals surface area contributed by atoms with E-state index in [0.29, 0.717) is 11.1 Å². The minimum Gasteiger partial charge on any atom is -0.494 e. The molecule has 2 N–H and O–H groups in total. The van der Waals surface area contributed by atoms with Crippen LogP contribution in [-0.2, 0) is 11.0 Å². The maximum absolute atomic E-state index is 13.4. The molecular formula is C23H23F3N2O3. The van der Waals surface area contributed by atoms with Crippen LogP contribution in [0.5, 0.6) is 5.88 Å². The smallest absolute Gasteiger partial charge is 0.416 e. The van der Waals surface area contributed by atoms with Crippen LogP contribution in [0, 0.1) is 13.8 Å². The first-order chi connectivity index (χ1) is 14.4. The topological polar surface area (TPSA) is 74.8 Å². The second-order valence-corrected chi connectivity index (χ2v) is 7.65. The molecule has 0 radical (unpaired) electrons. The molecule has 31 heavy (non-hydrogen) atoms. The summed E-state index contributed by atoms with van der Waals surface area (Å²) in [7, 11) is 0. The molecule has 8 heteroatoms. The van der Waals surface area contributed by atoms with Gasteiger partial charge >= 0.3 is 6.18 Å². The van der Waals surface area contributed by atoms with Gasteiger partial charge in [-0.05, 0) is 63.1 Å². The van der Waals surface area contributed by atoms with E-state index in [9.17, 15) is 28.2 Å². The molecular weight excluding hydrogens is 409 g/mol. The first-order valence-corrected chi connectivity index (χ1v) is 9.65. The quantitative estimate of drug-likeness (QED) is 0.573. The Hall–Kier alpha value is -3.13. The second-order valence-electron chi connectivity index (χ2n) is 7.65. The number of aromatic nitrogens is 1. The summed E-state index contributed by atoms with van der Waals surface area (Å²) in [6.45, 7) is 6.30. The monoisotopic (exact) mass is 432 g/mol. The Kier molecular flexibility index (Phi) is 5.96. The summed E-state index contributed by atoms with van der Waals surface area (Å²) in [6, 6.07) is 8.68. The Morgan fingerprint density at radius 1 is 1.13 bits per heavy atom. The maximum atomic E-state index is 13.4.